The highest BCUT2D eigenvalue weighted by molar-refractivity contribution is 6.33. The summed E-state index contributed by atoms with van der Waals surface area (Å²) in [5, 5.41) is 8.75. The molecule has 0 aliphatic rings. The van der Waals surface area contributed by atoms with Crippen molar-refractivity contribution in [1.29, 1.82) is 0 Å². The number of ether oxygens (including phenoxy) is 1. The monoisotopic (exact) mass is 288 g/mol. The molecule has 0 aliphatic heterocycles. The zero-order valence-electron chi connectivity index (χ0n) is 10.9. The van der Waals surface area contributed by atoms with Crippen LogP contribution in [-0.4, -0.2) is 21.7 Å². The largest absolute Gasteiger partial charge is 0.497 e. The van der Waals surface area contributed by atoms with Gasteiger partial charge in [-0.3, -0.25) is 4.40 Å². The molecule has 0 fully saturated rings. The Kier molecular flexibility index (Phi) is 3.20. The van der Waals surface area contributed by atoms with Crippen LogP contribution in [0.3, 0.4) is 0 Å². The first kappa shape index (κ1) is 12.7. The fourth-order valence-corrected chi connectivity index (χ4v) is 2.19. The normalized spacial score (nSPS) is 10.9. The maximum absolute atomic E-state index is 5.97. The lowest BCUT2D eigenvalue weighted by atomic mass is 10.1. The summed E-state index contributed by atoms with van der Waals surface area (Å²) in [6, 6.07) is 9.58. The van der Waals surface area contributed by atoms with Crippen molar-refractivity contribution in [2.45, 2.75) is 6.42 Å². The molecule has 20 heavy (non-hydrogen) atoms. The molecule has 2 aromatic heterocycles. The molecule has 0 bridgehead atoms. The number of halogens is 1. The molecule has 2 heterocycles. The number of nitrogen functional groups attached to an aromatic ring is 1. The van der Waals surface area contributed by atoms with Crippen LogP contribution in [0.4, 0.5) is 5.69 Å². The smallest absolute Gasteiger partial charge is 0.185 e. The number of hydrogen-bond acceptors (Lipinski definition) is 4. The van der Waals surface area contributed by atoms with Crippen LogP contribution in [0.15, 0.2) is 36.5 Å². The van der Waals surface area contributed by atoms with Gasteiger partial charge in [0.2, 0.25) is 0 Å². The van der Waals surface area contributed by atoms with Crippen LogP contribution in [0, 0.1) is 0 Å². The van der Waals surface area contributed by atoms with Crippen LogP contribution < -0.4 is 10.5 Å². The van der Waals surface area contributed by atoms with E-state index in [0.717, 1.165) is 17.1 Å². The van der Waals surface area contributed by atoms with Gasteiger partial charge in [-0.15, -0.1) is 10.2 Å². The third-order valence-electron chi connectivity index (χ3n) is 3.16. The van der Waals surface area contributed by atoms with E-state index >= 15 is 0 Å². The fourth-order valence-electron chi connectivity index (χ4n) is 2.05. The maximum Gasteiger partial charge on any atom is 0.185 e. The van der Waals surface area contributed by atoms with E-state index in [1.165, 1.54) is 0 Å². The highest BCUT2D eigenvalue weighted by Gasteiger charge is 2.10. The quantitative estimate of drug-likeness (QED) is 0.804. The van der Waals surface area contributed by atoms with Gasteiger partial charge < -0.3 is 10.5 Å². The number of rotatable bonds is 3. The molecule has 0 amide bonds. The second-order valence-electron chi connectivity index (χ2n) is 4.41. The van der Waals surface area contributed by atoms with E-state index in [-0.39, 0.29) is 0 Å². The summed E-state index contributed by atoms with van der Waals surface area (Å²) in [4.78, 5) is 0. The Bertz CT molecular complexity index is 752. The van der Waals surface area contributed by atoms with E-state index in [4.69, 9.17) is 22.1 Å². The predicted molar refractivity (Wildman–Crippen MR) is 78.2 cm³/mol. The molecule has 0 aliphatic carbocycles. The first-order chi connectivity index (χ1) is 9.69. The van der Waals surface area contributed by atoms with Crippen molar-refractivity contribution in [2.75, 3.05) is 12.8 Å². The zero-order chi connectivity index (χ0) is 14.1. The van der Waals surface area contributed by atoms with Crippen molar-refractivity contribution < 1.29 is 4.74 Å². The molecule has 0 saturated carbocycles. The van der Waals surface area contributed by atoms with Crippen LogP contribution in [0.5, 0.6) is 5.75 Å². The molecule has 3 aromatic rings. The molecular weight excluding hydrogens is 276 g/mol. The van der Waals surface area contributed by atoms with Gasteiger partial charge in [0, 0.05) is 12.6 Å². The zero-order valence-corrected chi connectivity index (χ0v) is 11.6. The minimum absolute atomic E-state index is 0.447. The summed E-state index contributed by atoms with van der Waals surface area (Å²) in [5.74, 6) is 1.64. The number of methoxy groups -OCH3 is 1. The van der Waals surface area contributed by atoms with E-state index in [1.54, 1.807) is 13.2 Å². The fraction of sp³-hybridized carbons (Fsp3) is 0.143. The van der Waals surface area contributed by atoms with Gasteiger partial charge >= 0.3 is 0 Å². The number of fused-ring (bicyclic) bond motifs is 1. The SMILES string of the molecule is COc1ccc(Cc2nnc3c(N)c(Cl)ccn23)cc1. The lowest BCUT2D eigenvalue weighted by molar-refractivity contribution is 0.414. The minimum Gasteiger partial charge on any atom is -0.497 e. The van der Waals surface area contributed by atoms with Crippen LogP contribution in [0.2, 0.25) is 5.02 Å². The summed E-state index contributed by atoms with van der Waals surface area (Å²) in [6.07, 6.45) is 2.49. The number of hydrogen-bond donors (Lipinski definition) is 1. The van der Waals surface area contributed by atoms with E-state index in [2.05, 4.69) is 10.2 Å². The summed E-state index contributed by atoms with van der Waals surface area (Å²) in [5.41, 5.74) is 8.04. The molecule has 3 rings (SSSR count). The predicted octanol–water partition coefficient (Wildman–Crippen LogP) is 2.56. The van der Waals surface area contributed by atoms with Crippen molar-refractivity contribution in [1.82, 2.24) is 14.6 Å². The summed E-state index contributed by atoms with van der Waals surface area (Å²) >= 11 is 5.97. The lowest BCUT2D eigenvalue weighted by Crippen LogP contribution is -1.98. The third-order valence-corrected chi connectivity index (χ3v) is 3.49. The van der Waals surface area contributed by atoms with Crippen molar-refractivity contribution in [3.63, 3.8) is 0 Å². The Morgan fingerprint density at radius 3 is 2.65 bits per heavy atom. The van der Waals surface area contributed by atoms with Gasteiger partial charge in [0.25, 0.3) is 0 Å². The highest BCUT2D eigenvalue weighted by atomic mass is 35.5. The molecule has 102 valence electrons. The second kappa shape index (κ2) is 5.02. The van der Waals surface area contributed by atoms with Crippen molar-refractivity contribution in [3.05, 3.63) is 52.9 Å². The Morgan fingerprint density at radius 1 is 1.20 bits per heavy atom. The number of pyridine rings is 1. The number of anilines is 1. The molecule has 0 unspecified atom stereocenters. The third kappa shape index (κ3) is 2.16. The Balaban J connectivity index is 1.96. The highest BCUT2D eigenvalue weighted by Crippen LogP contribution is 2.23. The molecule has 2 N–H and O–H groups in total. The molecule has 0 saturated heterocycles. The van der Waals surface area contributed by atoms with Gasteiger partial charge in [0.1, 0.15) is 11.6 Å². The molecule has 1 aromatic carbocycles. The van der Waals surface area contributed by atoms with Crippen molar-refractivity contribution in [2.24, 2.45) is 0 Å². The number of aromatic nitrogens is 3. The maximum atomic E-state index is 5.97. The molecule has 6 heteroatoms. The molecule has 0 atom stereocenters. The van der Waals surface area contributed by atoms with Crippen LogP contribution in [-0.2, 0) is 6.42 Å². The summed E-state index contributed by atoms with van der Waals surface area (Å²) < 4.78 is 6.99. The van der Waals surface area contributed by atoms with Gasteiger partial charge in [0.15, 0.2) is 5.65 Å². The summed E-state index contributed by atoms with van der Waals surface area (Å²) in [6.45, 7) is 0. The van der Waals surface area contributed by atoms with Crippen molar-refractivity contribution in [3.8, 4) is 5.75 Å². The van der Waals surface area contributed by atoms with E-state index in [0.29, 0.717) is 22.8 Å². The number of benzene rings is 1. The Labute approximate surface area is 121 Å². The topological polar surface area (TPSA) is 65.4 Å². The Hall–Kier alpha value is -2.27. The standard InChI is InChI=1S/C14H13ClN4O/c1-20-10-4-2-9(3-5-10)8-12-17-18-14-13(16)11(15)6-7-19(12)14/h2-7H,8,16H2,1H3. The molecule has 5 nitrogen and oxygen atoms in total. The molecular formula is C14H13ClN4O. The van der Waals surface area contributed by atoms with E-state index < -0.39 is 0 Å². The first-order valence-electron chi connectivity index (χ1n) is 6.09. The second-order valence-corrected chi connectivity index (χ2v) is 4.82. The van der Waals surface area contributed by atoms with Crippen molar-refractivity contribution >= 4 is 22.9 Å². The van der Waals surface area contributed by atoms with Crippen LogP contribution in [0.1, 0.15) is 11.4 Å². The van der Waals surface area contributed by atoms with Gasteiger partial charge in [-0.2, -0.15) is 0 Å². The Morgan fingerprint density at radius 2 is 1.95 bits per heavy atom. The average molecular weight is 289 g/mol. The molecule has 0 spiro atoms. The lowest BCUT2D eigenvalue weighted by Gasteiger charge is -2.04. The number of nitrogens with zero attached hydrogens (tertiary/aromatic N) is 3. The number of nitrogens with two attached hydrogens (primary N) is 1. The van der Waals surface area contributed by atoms with Gasteiger partial charge in [-0.1, -0.05) is 23.7 Å². The van der Waals surface area contributed by atoms with Crippen LogP contribution >= 0.6 is 11.6 Å². The van der Waals surface area contributed by atoms with Crippen LogP contribution in [0.25, 0.3) is 5.65 Å². The summed E-state index contributed by atoms with van der Waals surface area (Å²) in [7, 11) is 1.65. The average Bonchev–Trinajstić information content (AvgIpc) is 2.87. The van der Waals surface area contributed by atoms with E-state index in [9.17, 15) is 0 Å². The van der Waals surface area contributed by atoms with Gasteiger partial charge in [-0.25, -0.2) is 0 Å². The van der Waals surface area contributed by atoms with E-state index in [1.807, 2.05) is 34.9 Å². The molecule has 0 radical (unpaired) electrons. The first-order valence-corrected chi connectivity index (χ1v) is 6.47. The minimum atomic E-state index is 0.447. The van der Waals surface area contributed by atoms with Gasteiger partial charge in [0.05, 0.1) is 17.8 Å². The van der Waals surface area contributed by atoms with Gasteiger partial charge in [-0.05, 0) is 23.8 Å².